The smallest absolute Gasteiger partial charge is 0.199 e. The topological polar surface area (TPSA) is 56.9 Å². The Hall–Kier alpha value is -1.31. The van der Waals surface area contributed by atoms with Gasteiger partial charge in [0.2, 0.25) is 0 Å². The second-order valence-corrected chi connectivity index (χ2v) is 10.9. The molecule has 7 heteroatoms. The number of nitrogens with one attached hydrogen (secondary N) is 1. The van der Waals surface area contributed by atoms with Crippen molar-refractivity contribution in [2.75, 3.05) is 43.2 Å². The van der Waals surface area contributed by atoms with Gasteiger partial charge in [0.25, 0.3) is 0 Å². The van der Waals surface area contributed by atoms with Crippen molar-refractivity contribution < 1.29 is 0 Å². The summed E-state index contributed by atoms with van der Waals surface area (Å²) in [5.41, 5.74) is 8.40. The lowest BCUT2D eigenvalue weighted by Gasteiger charge is -2.36. The number of benzene rings is 1. The van der Waals surface area contributed by atoms with Gasteiger partial charge in [-0.1, -0.05) is 50.3 Å². The lowest BCUT2D eigenvalue weighted by molar-refractivity contribution is 0.249. The first kappa shape index (κ1) is 25.3. The lowest BCUT2D eigenvalue weighted by atomic mass is 9.99. The third kappa shape index (κ3) is 8.56. The minimum absolute atomic E-state index is 0.434. The highest BCUT2D eigenvalue weighted by atomic mass is 32.2. The van der Waals surface area contributed by atoms with Gasteiger partial charge >= 0.3 is 0 Å². The monoisotopic (exact) mass is 475 g/mol. The maximum Gasteiger partial charge on any atom is 0.199 e. The van der Waals surface area contributed by atoms with Crippen LogP contribution in [-0.2, 0) is 0 Å². The molecular weight excluding hydrogens is 434 g/mol. The Balaban J connectivity index is 1.43. The molecule has 2 fully saturated rings. The zero-order valence-corrected chi connectivity index (χ0v) is 21.5. The van der Waals surface area contributed by atoms with Crippen LogP contribution in [0.25, 0.3) is 0 Å². The van der Waals surface area contributed by atoms with Gasteiger partial charge < -0.3 is 20.9 Å². The van der Waals surface area contributed by atoms with Crippen molar-refractivity contribution in [3.8, 4) is 0 Å². The van der Waals surface area contributed by atoms with Crippen LogP contribution in [0.2, 0.25) is 0 Å². The first-order chi connectivity index (χ1) is 15.5. The summed E-state index contributed by atoms with van der Waals surface area (Å²) in [6.45, 7) is 2.21. The third-order valence-corrected chi connectivity index (χ3v) is 8.05. The number of thioether (sulfide) groups is 1. The molecule has 3 N–H and O–H groups in total. The molecule has 1 heterocycles. The number of hydrogen-bond acceptors (Lipinski definition) is 4. The fourth-order valence-electron chi connectivity index (χ4n) is 4.77. The average Bonchev–Trinajstić information content (AvgIpc) is 2.92. The standard InChI is InChI=1S/C25H41N5S2/c1-29(2)22-15-17-30(18-16-22)23-13-11-21(12-14-23)27-25(31)28-24(26)32-19-20-9-7-5-3-4-6-8-10-20/h11-14,20,22H,3-10,15-19H2,1-2H3,(H3,26,27,28,31). The van der Waals surface area contributed by atoms with Crippen LogP contribution in [0, 0.1) is 5.92 Å². The summed E-state index contributed by atoms with van der Waals surface area (Å²) in [6, 6.07) is 9.19. The number of rotatable bonds is 5. The van der Waals surface area contributed by atoms with Crippen LogP contribution in [0.3, 0.4) is 0 Å². The Kier molecular flexibility index (Phi) is 10.6. The van der Waals surface area contributed by atoms with Crippen molar-refractivity contribution >= 4 is 45.6 Å². The number of aliphatic imine (C=N–C) groups is 1. The number of nitrogens with zero attached hydrogens (tertiary/aromatic N) is 3. The molecule has 0 bridgehead atoms. The van der Waals surface area contributed by atoms with Crippen LogP contribution in [0.5, 0.6) is 0 Å². The zero-order valence-electron chi connectivity index (χ0n) is 19.9. The van der Waals surface area contributed by atoms with E-state index in [9.17, 15) is 0 Å². The normalized spacial score (nSPS) is 20.0. The molecule has 0 amide bonds. The summed E-state index contributed by atoms with van der Waals surface area (Å²) in [4.78, 5) is 9.22. The average molecular weight is 476 g/mol. The molecule has 0 aromatic heterocycles. The molecule has 1 aromatic rings. The molecule has 0 radical (unpaired) electrons. The van der Waals surface area contributed by atoms with Gasteiger partial charge in [-0.2, -0.15) is 4.99 Å². The van der Waals surface area contributed by atoms with E-state index in [0.29, 0.717) is 16.3 Å². The molecule has 0 unspecified atom stereocenters. The van der Waals surface area contributed by atoms with E-state index in [1.807, 2.05) is 0 Å². The lowest BCUT2D eigenvalue weighted by Crippen LogP contribution is -2.41. The van der Waals surface area contributed by atoms with Crippen LogP contribution in [-0.4, -0.2) is 54.2 Å². The van der Waals surface area contributed by atoms with Crippen molar-refractivity contribution in [1.82, 2.24) is 4.90 Å². The van der Waals surface area contributed by atoms with Gasteiger partial charge in [0.1, 0.15) is 0 Å². The van der Waals surface area contributed by atoms with Gasteiger partial charge in [-0.15, -0.1) is 0 Å². The second-order valence-electron chi connectivity index (χ2n) is 9.48. The molecule has 1 aliphatic carbocycles. The second kappa shape index (κ2) is 13.4. The summed E-state index contributed by atoms with van der Waals surface area (Å²) in [7, 11) is 4.36. The number of piperidine rings is 1. The highest BCUT2D eigenvalue weighted by Crippen LogP contribution is 2.26. The number of anilines is 2. The number of thiocarbonyl (C=S) groups is 1. The van der Waals surface area contributed by atoms with E-state index in [-0.39, 0.29) is 0 Å². The minimum atomic E-state index is 0.434. The predicted molar refractivity (Wildman–Crippen MR) is 146 cm³/mol. The van der Waals surface area contributed by atoms with Gasteiger partial charge in [0, 0.05) is 36.3 Å². The number of hydrogen-bond donors (Lipinski definition) is 2. The molecule has 2 aliphatic rings. The molecule has 1 saturated carbocycles. The van der Waals surface area contributed by atoms with E-state index in [2.05, 4.69) is 58.5 Å². The fourth-order valence-corrected chi connectivity index (χ4v) is 5.94. The van der Waals surface area contributed by atoms with Crippen molar-refractivity contribution in [2.45, 2.75) is 70.3 Å². The van der Waals surface area contributed by atoms with Gasteiger partial charge in [-0.25, -0.2) is 0 Å². The zero-order chi connectivity index (χ0) is 22.8. The van der Waals surface area contributed by atoms with E-state index in [4.69, 9.17) is 18.0 Å². The Morgan fingerprint density at radius 1 is 1.03 bits per heavy atom. The van der Waals surface area contributed by atoms with Crippen molar-refractivity contribution in [2.24, 2.45) is 16.6 Å². The SMILES string of the molecule is CN(C)C1CCN(c2ccc(NC(=S)/N=C(\N)SCC3CCCCCCCC3)cc2)CC1. The molecule has 32 heavy (non-hydrogen) atoms. The van der Waals surface area contributed by atoms with Crippen molar-refractivity contribution in [3.05, 3.63) is 24.3 Å². The Labute approximate surface area is 204 Å². The van der Waals surface area contributed by atoms with Crippen LogP contribution in [0.15, 0.2) is 29.3 Å². The molecule has 1 aromatic carbocycles. The Bertz CT molecular complexity index is 716. The largest absolute Gasteiger partial charge is 0.378 e. The molecule has 0 atom stereocenters. The molecule has 1 aliphatic heterocycles. The molecular formula is C25H41N5S2. The molecule has 1 saturated heterocycles. The maximum absolute atomic E-state index is 6.18. The third-order valence-electron chi connectivity index (χ3n) is 6.83. The quantitative estimate of drug-likeness (QED) is 0.323. The molecule has 0 spiro atoms. The van der Waals surface area contributed by atoms with Crippen LogP contribution >= 0.6 is 24.0 Å². The number of nitrogens with two attached hydrogens (primary N) is 1. The van der Waals surface area contributed by atoms with Gasteiger partial charge in [0.15, 0.2) is 10.3 Å². The first-order valence-electron chi connectivity index (χ1n) is 12.3. The summed E-state index contributed by atoms with van der Waals surface area (Å²) in [5.74, 6) is 1.81. The number of amidine groups is 1. The fraction of sp³-hybridized carbons (Fsp3) is 0.680. The minimum Gasteiger partial charge on any atom is -0.378 e. The van der Waals surface area contributed by atoms with E-state index in [1.54, 1.807) is 11.8 Å². The summed E-state index contributed by atoms with van der Waals surface area (Å²) < 4.78 is 0. The van der Waals surface area contributed by atoms with E-state index in [0.717, 1.165) is 30.4 Å². The first-order valence-corrected chi connectivity index (χ1v) is 13.7. The molecule has 3 rings (SSSR count). The van der Waals surface area contributed by atoms with E-state index < -0.39 is 0 Å². The van der Waals surface area contributed by atoms with Crippen LogP contribution < -0.4 is 16.0 Å². The van der Waals surface area contributed by atoms with Gasteiger partial charge in [-0.05, 0) is 82.2 Å². The Morgan fingerprint density at radius 3 is 2.22 bits per heavy atom. The van der Waals surface area contributed by atoms with Crippen molar-refractivity contribution in [3.63, 3.8) is 0 Å². The van der Waals surface area contributed by atoms with E-state index in [1.165, 1.54) is 69.9 Å². The maximum atomic E-state index is 6.18. The summed E-state index contributed by atoms with van der Waals surface area (Å²) in [6.07, 6.45) is 13.3. The highest BCUT2D eigenvalue weighted by Gasteiger charge is 2.20. The van der Waals surface area contributed by atoms with Crippen molar-refractivity contribution in [1.29, 1.82) is 0 Å². The highest BCUT2D eigenvalue weighted by molar-refractivity contribution is 8.13. The predicted octanol–water partition coefficient (Wildman–Crippen LogP) is 5.71. The molecule has 5 nitrogen and oxygen atoms in total. The van der Waals surface area contributed by atoms with Gasteiger partial charge in [-0.3, -0.25) is 0 Å². The Morgan fingerprint density at radius 2 is 1.62 bits per heavy atom. The summed E-state index contributed by atoms with van der Waals surface area (Å²) in [5, 5.41) is 4.22. The van der Waals surface area contributed by atoms with Crippen LogP contribution in [0.4, 0.5) is 11.4 Å². The molecule has 178 valence electrons. The van der Waals surface area contributed by atoms with Gasteiger partial charge in [0.05, 0.1) is 0 Å². The van der Waals surface area contributed by atoms with Crippen LogP contribution in [0.1, 0.15) is 64.2 Å². The summed E-state index contributed by atoms with van der Waals surface area (Å²) >= 11 is 7.09. The van der Waals surface area contributed by atoms with E-state index >= 15 is 0 Å².